The van der Waals surface area contributed by atoms with Crippen LogP contribution < -0.4 is 5.73 Å². The maximum absolute atomic E-state index is 12.5. The van der Waals surface area contributed by atoms with Gasteiger partial charge < -0.3 is 15.4 Å². The van der Waals surface area contributed by atoms with Gasteiger partial charge in [-0.3, -0.25) is 4.79 Å². The van der Waals surface area contributed by atoms with Crippen molar-refractivity contribution in [2.75, 3.05) is 19.7 Å². The quantitative estimate of drug-likeness (QED) is 0.833. The average molecular weight is 270 g/mol. The highest BCUT2D eigenvalue weighted by molar-refractivity contribution is 5.82. The van der Waals surface area contributed by atoms with Crippen LogP contribution in [-0.2, 0) is 9.53 Å². The number of hydrogen-bond donors (Lipinski definition) is 1. The first-order chi connectivity index (χ1) is 8.86. The first-order valence-corrected chi connectivity index (χ1v) is 7.52. The van der Waals surface area contributed by atoms with E-state index in [1.165, 1.54) is 6.42 Å². The van der Waals surface area contributed by atoms with Crippen molar-refractivity contribution in [3.63, 3.8) is 0 Å². The van der Waals surface area contributed by atoms with E-state index in [4.69, 9.17) is 10.5 Å². The van der Waals surface area contributed by atoms with Crippen molar-refractivity contribution in [2.45, 2.75) is 65.5 Å². The molecule has 0 radical (unpaired) electrons. The number of nitrogens with zero attached hydrogens (tertiary/aromatic N) is 1. The molecule has 0 aromatic carbocycles. The fourth-order valence-corrected chi connectivity index (χ4v) is 2.33. The summed E-state index contributed by atoms with van der Waals surface area (Å²) in [6, 6.07) is -0.442. The van der Waals surface area contributed by atoms with E-state index < -0.39 is 6.04 Å². The lowest BCUT2D eigenvalue weighted by atomic mass is 9.86. The standard InChI is InChI=1S/C15H30N2O2/c1-5-9-17(11-12-8-6-7-10-19-12)14(18)13(16)15(2,3)4/h12-13H,5-11,16H2,1-4H3/t12?,13-/m1/s1. The molecular formula is C15H30N2O2. The minimum Gasteiger partial charge on any atom is -0.376 e. The summed E-state index contributed by atoms with van der Waals surface area (Å²) >= 11 is 0. The molecule has 1 unspecified atom stereocenters. The Morgan fingerprint density at radius 3 is 2.58 bits per heavy atom. The fourth-order valence-electron chi connectivity index (χ4n) is 2.33. The van der Waals surface area contributed by atoms with Crippen molar-refractivity contribution < 1.29 is 9.53 Å². The van der Waals surface area contributed by atoms with Crippen LogP contribution in [0, 0.1) is 5.41 Å². The summed E-state index contributed by atoms with van der Waals surface area (Å²) < 4.78 is 5.74. The predicted octanol–water partition coefficient (Wildman–Crippen LogP) is 2.17. The molecule has 1 heterocycles. The number of hydrogen-bond acceptors (Lipinski definition) is 3. The molecule has 4 nitrogen and oxygen atoms in total. The van der Waals surface area contributed by atoms with Crippen LogP contribution in [0.25, 0.3) is 0 Å². The van der Waals surface area contributed by atoms with Crippen molar-refractivity contribution in [1.29, 1.82) is 0 Å². The van der Waals surface area contributed by atoms with E-state index >= 15 is 0 Å². The monoisotopic (exact) mass is 270 g/mol. The molecule has 0 saturated carbocycles. The van der Waals surface area contributed by atoms with Gasteiger partial charge in [0.25, 0.3) is 0 Å². The van der Waals surface area contributed by atoms with Gasteiger partial charge in [-0.05, 0) is 31.1 Å². The molecule has 0 spiro atoms. The Labute approximate surface area is 117 Å². The number of carbonyl (C=O) groups is 1. The van der Waals surface area contributed by atoms with Gasteiger partial charge in [0.2, 0.25) is 5.91 Å². The summed E-state index contributed by atoms with van der Waals surface area (Å²) in [4.78, 5) is 14.4. The normalized spacial score (nSPS) is 22.1. The summed E-state index contributed by atoms with van der Waals surface area (Å²) in [5, 5.41) is 0. The van der Waals surface area contributed by atoms with E-state index in [0.29, 0.717) is 6.54 Å². The second kappa shape index (κ2) is 7.25. The highest BCUT2D eigenvalue weighted by Crippen LogP contribution is 2.20. The lowest BCUT2D eigenvalue weighted by Crippen LogP contribution is -2.52. The maximum atomic E-state index is 12.5. The van der Waals surface area contributed by atoms with E-state index in [2.05, 4.69) is 6.92 Å². The first kappa shape index (κ1) is 16.4. The Kier molecular flexibility index (Phi) is 6.27. The molecule has 2 N–H and O–H groups in total. The second-order valence-corrected chi connectivity index (χ2v) is 6.62. The summed E-state index contributed by atoms with van der Waals surface area (Å²) in [6.45, 7) is 10.4. The molecule has 1 aliphatic rings. The van der Waals surface area contributed by atoms with E-state index in [0.717, 1.165) is 32.4 Å². The van der Waals surface area contributed by atoms with Gasteiger partial charge >= 0.3 is 0 Å². The third-order valence-corrected chi connectivity index (χ3v) is 3.70. The third kappa shape index (κ3) is 5.11. The molecule has 2 atom stereocenters. The summed E-state index contributed by atoms with van der Waals surface area (Å²) in [7, 11) is 0. The molecule has 1 amide bonds. The maximum Gasteiger partial charge on any atom is 0.240 e. The third-order valence-electron chi connectivity index (χ3n) is 3.70. The molecule has 19 heavy (non-hydrogen) atoms. The Morgan fingerprint density at radius 1 is 1.42 bits per heavy atom. The van der Waals surface area contributed by atoms with Crippen molar-refractivity contribution in [3.05, 3.63) is 0 Å². The van der Waals surface area contributed by atoms with Crippen LogP contribution in [0.2, 0.25) is 0 Å². The Hall–Kier alpha value is -0.610. The fraction of sp³-hybridized carbons (Fsp3) is 0.933. The van der Waals surface area contributed by atoms with Crippen LogP contribution in [0.5, 0.6) is 0 Å². The van der Waals surface area contributed by atoms with Crippen molar-refractivity contribution in [2.24, 2.45) is 11.1 Å². The molecule has 0 aromatic rings. The van der Waals surface area contributed by atoms with Crippen molar-refractivity contribution >= 4 is 5.91 Å². The molecule has 1 aliphatic heterocycles. The highest BCUT2D eigenvalue weighted by Gasteiger charge is 2.32. The zero-order valence-corrected chi connectivity index (χ0v) is 12.9. The van der Waals surface area contributed by atoms with Crippen molar-refractivity contribution in [3.8, 4) is 0 Å². The Balaban J connectivity index is 2.62. The minimum absolute atomic E-state index is 0.0588. The van der Waals surface area contributed by atoms with E-state index in [-0.39, 0.29) is 17.4 Å². The van der Waals surface area contributed by atoms with Crippen LogP contribution in [-0.4, -0.2) is 42.6 Å². The lowest BCUT2D eigenvalue weighted by Gasteiger charge is -2.34. The number of rotatable bonds is 5. The van der Waals surface area contributed by atoms with Crippen LogP contribution in [0.15, 0.2) is 0 Å². The average Bonchev–Trinajstić information content (AvgIpc) is 2.36. The molecular weight excluding hydrogens is 240 g/mol. The van der Waals surface area contributed by atoms with Crippen LogP contribution in [0.4, 0.5) is 0 Å². The van der Waals surface area contributed by atoms with Gasteiger partial charge in [0.05, 0.1) is 12.1 Å². The van der Waals surface area contributed by atoms with Gasteiger partial charge in [-0.1, -0.05) is 27.7 Å². The van der Waals surface area contributed by atoms with Gasteiger partial charge in [0, 0.05) is 19.7 Å². The molecule has 1 saturated heterocycles. The number of nitrogens with two attached hydrogens (primary N) is 1. The minimum atomic E-state index is -0.442. The predicted molar refractivity (Wildman–Crippen MR) is 77.9 cm³/mol. The topological polar surface area (TPSA) is 55.6 Å². The van der Waals surface area contributed by atoms with Crippen molar-refractivity contribution in [1.82, 2.24) is 4.90 Å². The zero-order valence-electron chi connectivity index (χ0n) is 12.9. The molecule has 0 aromatic heterocycles. The van der Waals surface area contributed by atoms with Gasteiger partial charge in [-0.2, -0.15) is 0 Å². The molecule has 0 aliphatic carbocycles. The number of carbonyl (C=O) groups excluding carboxylic acids is 1. The summed E-state index contributed by atoms with van der Waals surface area (Å²) in [5.74, 6) is 0.0588. The van der Waals surface area contributed by atoms with E-state index in [9.17, 15) is 4.79 Å². The molecule has 4 heteroatoms. The van der Waals surface area contributed by atoms with Gasteiger partial charge in [-0.25, -0.2) is 0 Å². The highest BCUT2D eigenvalue weighted by atomic mass is 16.5. The van der Waals surface area contributed by atoms with Crippen LogP contribution in [0.1, 0.15) is 53.4 Å². The largest absolute Gasteiger partial charge is 0.376 e. The molecule has 0 bridgehead atoms. The number of amides is 1. The summed E-state index contributed by atoms with van der Waals surface area (Å²) in [5.41, 5.74) is 5.90. The van der Waals surface area contributed by atoms with Gasteiger partial charge in [-0.15, -0.1) is 0 Å². The zero-order chi connectivity index (χ0) is 14.5. The second-order valence-electron chi connectivity index (χ2n) is 6.62. The summed E-state index contributed by atoms with van der Waals surface area (Å²) in [6.07, 6.45) is 4.54. The molecule has 112 valence electrons. The first-order valence-electron chi connectivity index (χ1n) is 7.52. The van der Waals surface area contributed by atoms with E-state index in [1.54, 1.807) is 0 Å². The van der Waals surface area contributed by atoms with Crippen LogP contribution in [0.3, 0.4) is 0 Å². The Bertz CT molecular complexity index is 280. The van der Waals surface area contributed by atoms with Gasteiger partial charge in [0.15, 0.2) is 0 Å². The smallest absolute Gasteiger partial charge is 0.240 e. The molecule has 1 fully saturated rings. The SMILES string of the molecule is CCCN(CC1CCCCO1)C(=O)[C@@H](N)C(C)(C)C. The van der Waals surface area contributed by atoms with E-state index in [1.807, 2.05) is 25.7 Å². The number of ether oxygens (including phenoxy) is 1. The Morgan fingerprint density at radius 2 is 2.11 bits per heavy atom. The molecule has 1 rings (SSSR count). The van der Waals surface area contributed by atoms with Gasteiger partial charge in [0.1, 0.15) is 0 Å². The van der Waals surface area contributed by atoms with Crippen LogP contribution >= 0.6 is 0 Å². The lowest BCUT2D eigenvalue weighted by molar-refractivity contribution is -0.137.